The summed E-state index contributed by atoms with van der Waals surface area (Å²) in [6, 6.07) is 0. The summed E-state index contributed by atoms with van der Waals surface area (Å²) in [7, 11) is 0. The van der Waals surface area contributed by atoms with Crippen LogP contribution in [0.3, 0.4) is 0 Å². The highest BCUT2D eigenvalue weighted by Crippen LogP contribution is 1.80. The quantitative estimate of drug-likeness (QED) is 0.486. The Morgan fingerprint density at radius 2 is 2.20 bits per heavy atom. The van der Waals surface area contributed by atoms with Gasteiger partial charge in [0.15, 0.2) is 0 Å². The van der Waals surface area contributed by atoms with Crippen molar-refractivity contribution in [1.29, 1.82) is 0 Å². The van der Waals surface area contributed by atoms with Gasteiger partial charge in [-0.1, -0.05) is 12.6 Å². The van der Waals surface area contributed by atoms with Crippen LogP contribution in [0.25, 0.3) is 0 Å². The molecule has 0 saturated carbocycles. The van der Waals surface area contributed by atoms with Crippen molar-refractivity contribution in [3.8, 4) is 0 Å². The zero-order valence-corrected chi connectivity index (χ0v) is 3.72. The lowest BCUT2D eigenvalue weighted by Gasteiger charge is -1.74. The zero-order chi connectivity index (χ0) is 4.12. The van der Waals surface area contributed by atoms with E-state index in [-0.39, 0.29) is 6.67 Å². The fourth-order valence-electron chi connectivity index (χ4n) is 0.0546. The molecule has 0 N–H and O–H groups in total. The molecule has 0 aromatic rings. The molecular weight excluding hydrogens is 87.1 g/mol. The number of hydrogen-bond acceptors (Lipinski definition) is 0. The van der Waals surface area contributed by atoms with Crippen LogP contribution in [0.1, 0.15) is 6.42 Å². The molecule has 0 amide bonds. The summed E-state index contributed by atoms with van der Waals surface area (Å²) in [6.45, 7) is -0.260. The highest BCUT2D eigenvalue weighted by atomic mass is 32.1. The van der Waals surface area contributed by atoms with E-state index in [2.05, 4.69) is 12.6 Å². The summed E-state index contributed by atoms with van der Waals surface area (Å²) in [4.78, 5) is 0. The summed E-state index contributed by atoms with van der Waals surface area (Å²) < 4.78 is 10.9. The van der Waals surface area contributed by atoms with Crippen molar-refractivity contribution in [3.63, 3.8) is 0 Å². The molecule has 5 heavy (non-hydrogen) atoms. The van der Waals surface area contributed by atoms with Gasteiger partial charge in [-0.3, -0.25) is 4.39 Å². The fraction of sp³-hybridized carbons (Fsp3) is 1.00. The first-order valence-electron chi connectivity index (χ1n) is 1.56. The molecule has 0 aliphatic rings. The van der Waals surface area contributed by atoms with E-state index in [9.17, 15) is 4.39 Å². The molecule has 0 rings (SSSR count). The number of halogens is 1. The highest BCUT2D eigenvalue weighted by molar-refractivity contribution is 7.80. The van der Waals surface area contributed by atoms with Crippen LogP contribution in [-0.4, -0.2) is 12.4 Å². The van der Waals surface area contributed by atoms with Gasteiger partial charge < -0.3 is 0 Å². The second kappa shape index (κ2) is 4.28. The van der Waals surface area contributed by atoms with E-state index >= 15 is 0 Å². The van der Waals surface area contributed by atoms with E-state index in [0.717, 1.165) is 0 Å². The minimum absolute atomic E-state index is 0.260. The first kappa shape index (κ1) is 5.28. The first-order valence-corrected chi connectivity index (χ1v) is 2.13. The molecule has 0 atom stereocenters. The lowest BCUT2D eigenvalue weighted by atomic mass is 10.6. The minimum Gasteiger partial charge on any atom is -0.251 e. The Hall–Kier alpha value is 0.280. The van der Waals surface area contributed by atoms with Crippen molar-refractivity contribution in [2.24, 2.45) is 0 Å². The Labute approximate surface area is 36.8 Å². The summed E-state index contributed by atoms with van der Waals surface area (Å²) in [5.74, 6) is 0.552. The van der Waals surface area contributed by atoms with Gasteiger partial charge in [-0.15, -0.1) is 0 Å². The van der Waals surface area contributed by atoms with Crippen LogP contribution < -0.4 is 0 Å². The van der Waals surface area contributed by atoms with Crippen LogP contribution in [0, 0.1) is 0 Å². The van der Waals surface area contributed by atoms with Crippen LogP contribution in [0.5, 0.6) is 0 Å². The summed E-state index contributed by atoms with van der Waals surface area (Å²) in [6.07, 6.45) is 0.537. The van der Waals surface area contributed by atoms with Gasteiger partial charge in [0.1, 0.15) is 0 Å². The summed E-state index contributed by atoms with van der Waals surface area (Å²) >= 11 is 4.41. The number of alkyl halides is 1. The molecule has 0 aromatic heterocycles. The molecule has 0 heterocycles. The van der Waals surface area contributed by atoms with Crippen LogP contribution in [0.4, 0.5) is 4.39 Å². The molecule has 0 unspecified atom stereocenters. The lowest BCUT2D eigenvalue weighted by Crippen LogP contribution is -1.72. The van der Waals surface area contributed by atoms with Crippen molar-refractivity contribution in [2.75, 3.05) is 12.4 Å². The normalized spacial score (nSPS) is 8.40. The predicted octanol–water partition coefficient (Wildman–Crippen LogP) is 1.54. The minimum atomic E-state index is -0.260. The Kier molecular flexibility index (Phi) is 4.52. The van der Waals surface area contributed by atoms with E-state index in [1.165, 1.54) is 0 Å². The van der Waals surface area contributed by atoms with Crippen LogP contribution in [0.15, 0.2) is 0 Å². The van der Waals surface area contributed by atoms with E-state index in [1.807, 2.05) is 0 Å². The molecular formula is C3H6FS. The molecule has 31 valence electrons. The predicted molar refractivity (Wildman–Crippen MR) is 23.0 cm³/mol. The second-order valence-electron chi connectivity index (χ2n) is 0.747. The SMILES string of the molecule is FCCC[S]. The maximum absolute atomic E-state index is 10.9. The van der Waals surface area contributed by atoms with Crippen molar-refractivity contribution in [2.45, 2.75) is 6.42 Å². The molecule has 0 fully saturated rings. The third-order valence-corrected chi connectivity index (χ3v) is 0.567. The van der Waals surface area contributed by atoms with Crippen LogP contribution in [-0.2, 0) is 0 Å². The van der Waals surface area contributed by atoms with Gasteiger partial charge >= 0.3 is 0 Å². The Balaban J connectivity index is 2.19. The molecule has 2 heteroatoms. The third kappa shape index (κ3) is 4.28. The number of hydrogen-bond donors (Lipinski definition) is 0. The zero-order valence-electron chi connectivity index (χ0n) is 2.91. The third-order valence-electron chi connectivity index (χ3n) is 0.278. The lowest BCUT2D eigenvalue weighted by molar-refractivity contribution is 0.490. The molecule has 0 aliphatic carbocycles. The first-order chi connectivity index (χ1) is 2.41. The highest BCUT2D eigenvalue weighted by Gasteiger charge is 1.73. The monoisotopic (exact) mass is 93.0 g/mol. The average molecular weight is 93.1 g/mol. The standard InChI is InChI=1S/C3H6FS/c4-2-1-3-5/h1-3H2. The van der Waals surface area contributed by atoms with Crippen molar-refractivity contribution < 1.29 is 4.39 Å². The smallest absolute Gasteiger partial charge is 0.0902 e. The largest absolute Gasteiger partial charge is 0.251 e. The average Bonchev–Trinajstić information content (AvgIpc) is 1.41. The maximum Gasteiger partial charge on any atom is 0.0902 e. The summed E-state index contributed by atoms with van der Waals surface area (Å²) in [5.41, 5.74) is 0. The van der Waals surface area contributed by atoms with Gasteiger partial charge in [-0.05, 0) is 6.42 Å². The Morgan fingerprint density at radius 3 is 2.20 bits per heavy atom. The van der Waals surface area contributed by atoms with E-state index in [4.69, 9.17) is 0 Å². The van der Waals surface area contributed by atoms with E-state index in [1.54, 1.807) is 0 Å². The van der Waals surface area contributed by atoms with Crippen LogP contribution in [0.2, 0.25) is 0 Å². The molecule has 0 bridgehead atoms. The van der Waals surface area contributed by atoms with Gasteiger partial charge in [-0.2, -0.15) is 0 Å². The van der Waals surface area contributed by atoms with Gasteiger partial charge in [0.2, 0.25) is 0 Å². The molecule has 0 aliphatic heterocycles. The molecule has 1 radical (unpaired) electrons. The van der Waals surface area contributed by atoms with Gasteiger partial charge in [0.05, 0.1) is 6.67 Å². The van der Waals surface area contributed by atoms with E-state index in [0.29, 0.717) is 12.2 Å². The Morgan fingerprint density at radius 1 is 1.60 bits per heavy atom. The topological polar surface area (TPSA) is 0 Å². The summed E-state index contributed by atoms with van der Waals surface area (Å²) in [5, 5.41) is 0. The van der Waals surface area contributed by atoms with Crippen molar-refractivity contribution >= 4 is 12.6 Å². The Bertz CT molecular complexity index is 14.4. The number of rotatable bonds is 2. The van der Waals surface area contributed by atoms with Crippen LogP contribution >= 0.6 is 12.6 Å². The molecule has 0 aromatic carbocycles. The van der Waals surface area contributed by atoms with Crippen molar-refractivity contribution in [3.05, 3.63) is 0 Å². The fourth-order valence-corrected chi connectivity index (χ4v) is 0.164. The molecule has 0 nitrogen and oxygen atoms in total. The van der Waals surface area contributed by atoms with Gasteiger partial charge in [0.25, 0.3) is 0 Å². The van der Waals surface area contributed by atoms with Gasteiger partial charge in [0, 0.05) is 5.75 Å². The molecule has 0 spiro atoms. The van der Waals surface area contributed by atoms with Gasteiger partial charge in [-0.25, -0.2) is 0 Å². The van der Waals surface area contributed by atoms with E-state index < -0.39 is 0 Å². The van der Waals surface area contributed by atoms with Crippen molar-refractivity contribution in [1.82, 2.24) is 0 Å². The maximum atomic E-state index is 10.9. The molecule has 0 saturated heterocycles. The second-order valence-corrected chi connectivity index (χ2v) is 1.15.